The number of hydrogen-bond donors (Lipinski definition) is 2. The van der Waals surface area contributed by atoms with Crippen molar-refractivity contribution in [2.45, 2.75) is 44.6 Å². The Bertz CT molecular complexity index is 648. The van der Waals surface area contributed by atoms with Gasteiger partial charge in [-0.05, 0) is 50.3 Å². The van der Waals surface area contributed by atoms with Crippen LogP contribution in [0.5, 0.6) is 0 Å². The second kappa shape index (κ2) is 6.60. The summed E-state index contributed by atoms with van der Waals surface area (Å²) in [6.07, 6.45) is 4.03. The number of nitrogens with zero attached hydrogens (tertiary/aromatic N) is 2. The van der Waals surface area contributed by atoms with Crippen molar-refractivity contribution in [3.05, 3.63) is 45.7 Å². The van der Waals surface area contributed by atoms with Gasteiger partial charge >= 0.3 is 0 Å². The van der Waals surface area contributed by atoms with E-state index in [1.807, 2.05) is 19.1 Å². The van der Waals surface area contributed by atoms with E-state index in [-0.39, 0.29) is 11.9 Å². The van der Waals surface area contributed by atoms with Crippen molar-refractivity contribution in [2.75, 3.05) is 0 Å². The zero-order chi connectivity index (χ0) is 15.5. The standard InChI is InChI=1S/C16H19BrN4O/c1-10(2-3-11-4-8-13(17)9-5-11)18-16(22)15-14(12-6-7-12)19-21-20-15/h4-5,8-10,12H,2-3,6-7H2,1H3,(H,18,22)(H,19,20,21). The SMILES string of the molecule is CC(CCc1ccc(Br)cc1)NC(=O)c1n[nH]nc1C1CC1. The average molecular weight is 363 g/mol. The van der Waals surface area contributed by atoms with Crippen molar-refractivity contribution in [1.29, 1.82) is 0 Å². The number of hydrogen-bond acceptors (Lipinski definition) is 3. The first kappa shape index (κ1) is 15.2. The van der Waals surface area contributed by atoms with Gasteiger partial charge in [-0.2, -0.15) is 15.4 Å². The smallest absolute Gasteiger partial charge is 0.273 e. The number of aromatic nitrogens is 3. The average Bonchev–Trinajstić information content (AvgIpc) is 3.23. The molecule has 2 aromatic rings. The first-order valence-electron chi connectivity index (χ1n) is 7.59. The molecule has 2 N–H and O–H groups in total. The second-order valence-corrected chi connectivity index (χ2v) is 6.79. The molecule has 116 valence electrons. The lowest BCUT2D eigenvalue weighted by molar-refractivity contribution is 0.0932. The number of halogens is 1. The minimum absolute atomic E-state index is 0.0971. The van der Waals surface area contributed by atoms with Crippen molar-refractivity contribution in [3.8, 4) is 0 Å². The van der Waals surface area contributed by atoms with Gasteiger partial charge in [0.25, 0.3) is 5.91 Å². The molecule has 0 saturated heterocycles. The molecule has 1 aliphatic rings. The maximum atomic E-state index is 12.3. The molecule has 6 heteroatoms. The molecule has 0 radical (unpaired) electrons. The minimum atomic E-state index is -0.126. The lowest BCUT2D eigenvalue weighted by Gasteiger charge is -2.13. The van der Waals surface area contributed by atoms with Crippen molar-refractivity contribution < 1.29 is 4.79 Å². The number of H-pyrrole nitrogens is 1. The summed E-state index contributed by atoms with van der Waals surface area (Å²) in [6, 6.07) is 8.37. The van der Waals surface area contributed by atoms with Crippen LogP contribution in [0.4, 0.5) is 0 Å². The van der Waals surface area contributed by atoms with Crippen LogP contribution in [0, 0.1) is 0 Å². The Labute approximate surface area is 138 Å². The highest BCUT2D eigenvalue weighted by atomic mass is 79.9. The maximum Gasteiger partial charge on any atom is 0.273 e. The molecule has 5 nitrogen and oxygen atoms in total. The molecular formula is C16H19BrN4O. The fourth-order valence-electron chi connectivity index (χ4n) is 2.45. The molecule has 1 aromatic carbocycles. The third kappa shape index (κ3) is 3.74. The van der Waals surface area contributed by atoms with Gasteiger partial charge in [-0.15, -0.1) is 0 Å². The molecular weight excluding hydrogens is 344 g/mol. The Kier molecular flexibility index (Phi) is 4.57. The van der Waals surface area contributed by atoms with Gasteiger partial charge in [-0.1, -0.05) is 28.1 Å². The number of benzene rings is 1. The fourth-order valence-corrected chi connectivity index (χ4v) is 2.71. The van der Waals surface area contributed by atoms with Crippen LogP contribution in [0.25, 0.3) is 0 Å². The maximum absolute atomic E-state index is 12.3. The van der Waals surface area contributed by atoms with E-state index in [9.17, 15) is 4.79 Å². The first-order chi connectivity index (χ1) is 10.6. The van der Waals surface area contributed by atoms with Gasteiger partial charge in [0.15, 0.2) is 5.69 Å². The lowest BCUT2D eigenvalue weighted by Crippen LogP contribution is -2.33. The third-order valence-corrected chi connectivity index (χ3v) is 4.44. The van der Waals surface area contributed by atoms with Gasteiger partial charge in [-0.3, -0.25) is 4.79 Å². The number of carbonyl (C=O) groups excluding carboxylic acids is 1. The number of aryl methyl sites for hydroxylation is 1. The fraction of sp³-hybridized carbons (Fsp3) is 0.438. The van der Waals surface area contributed by atoms with Gasteiger partial charge in [0, 0.05) is 16.4 Å². The highest BCUT2D eigenvalue weighted by Crippen LogP contribution is 2.39. The van der Waals surface area contributed by atoms with Crippen LogP contribution >= 0.6 is 15.9 Å². The lowest BCUT2D eigenvalue weighted by atomic mass is 10.1. The van der Waals surface area contributed by atoms with Gasteiger partial charge in [-0.25, -0.2) is 0 Å². The van der Waals surface area contributed by atoms with Crippen LogP contribution in [-0.4, -0.2) is 27.4 Å². The molecule has 0 spiro atoms. The molecule has 22 heavy (non-hydrogen) atoms. The summed E-state index contributed by atoms with van der Waals surface area (Å²) < 4.78 is 1.08. The Balaban J connectivity index is 1.52. The Morgan fingerprint density at radius 1 is 1.36 bits per heavy atom. The summed E-state index contributed by atoms with van der Waals surface area (Å²) in [7, 11) is 0. The molecule has 1 heterocycles. The number of aromatic amines is 1. The summed E-state index contributed by atoms with van der Waals surface area (Å²) in [6.45, 7) is 2.02. The van der Waals surface area contributed by atoms with Crippen molar-refractivity contribution in [2.24, 2.45) is 0 Å². The van der Waals surface area contributed by atoms with Crippen LogP contribution in [0.2, 0.25) is 0 Å². The molecule has 1 aliphatic carbocycles. The Hall–Kier alpha value is -1.69. The monoisotopic (exact) mass is 362 g/mol. The highest BCUT2D eigenvalue weighted by Gasteiger charge is 2.31. The predicted octanol–water partition coefficient (Wildman–Crippen LogP) is 3.20. The topological polar surface area (TPSA) is 70.7 Å². The molecule has 0 aliphatic heterocycles. The van der Waals surface area contributed by atoms with Crippen molar-refractivity contribution in [3.63, 3.8) is 0 Å². The van der Waals surface area contributed by atoms with E-state index in [2.05, 4.69) is 48.8 Å². The zero-order valence-corrected chi connectivity index (χ0v) is 14.1. The van der Waals surface area contributed by atoms with Crippen LogP contribution in [0.15, 0.2) is 28.7 Å². The third-order valence-electron chi connectivity index (χ3n) is 3.91. The van der Waals surface area contributed by atoms with Crippen LogP contribution in [-0.2, 0) is 6.42 Å². The normalized spacial score (nSPS) is 15.5. The largest absolute Gasteiger partial charge is 0.348 e. The zero-order valence-electron chi connectivity index (χ0n) is 12.5. The van der Waals surface area contributed by atoms with Crippen LogP contribution < -0.4 is 5.32 Å². The summed E-state index contributed by atoms with van der Waals surface area (Å²) in [5.41, 5.74) is 2.54. The van der Waals surface area contributed by atoms with Crippen LogP contribution in [0.1, 0.15) is 53.8 Å². The summed E-state index contributed by atoms with van der Waals surface area (Å²) in [5, 5.41) is 13.7. The quantitative estimate of drug-likeness (QED) is 0.828. The minimum Gasteiger partial charge on any atom is -0.348 e. The molecule has 1 aromatic heterocycles. The highest BCUT2D eigenvalue weighted by molar-refractivity contribution is 9.10. The van der Waals surface area contributed by atoms with E-state index in [1.165, 1.54) is 5.56 Å². The summed E-state index contributed by atoms with van der Waals surface area (Å²) in [5.74, 6) is 0.288. The Morgan fingerprint density at radius 2 is 2.09 bits per heavy atom. The van der Waals surface area contributed by atoms with Gasteiger partial charge in [0.2, 0.25) is 0 Å². The number of amides is 1. The van der Waals surface area contributed by atoms with E-state index in [0.717, 1.165) is 35.8 Å². The molecule has 0 bridgehead atoms. The van der Waals surface area contributed by atoms with Crippen molar-refractivity contribution in [1.82, 2.24) is 20.7 Å². The predicted molar refractivity (Wildman–Crippen MR) is 87.7 cm³/mol. The number of rotatable bonds is 6. The Morgan fingerprint density at radius 3 is 2.77 bits per heavy atom. The van der Waals surface area contributed by atoms with Crippen LogP contribution in [0.3, 0.4) is 0 Å². The molecule has 1 amide bonds. The van der Waals surface area contributed by atoms with E-state index in [0.29, 0.717) is 11.6 Å². The van der Waals surface area contributed by atoms with E-state index >= 15 is 0 Å². The van der Waals surface area contributed by atoms with E-state index < -0.39 is 0 Å². The van der Waals surface area contributed by atoms with E-state index in [1.54, 1.807) is 0 Å². The van der Waals surface area contributed by atoms with Crippen molar-refractivity contribution >= 4 is 21.8 Å². The van der Waals surface area contributed by atoms with Gasteiger partial charge in [0.05, 0.1) is 5.69 Å². The molecule has 1 unspecified atom stereocenters. The molecule has 1 saturated carbocycles. The van der Waals surface area contributed by atoms with Gasteiger partial charge in [0.1, 0.15) is 0 Å². The molecule has 1 fully saturated rings. The van der Waals surface area contributed by atoms with Gasteiger partial charge < -0.3 is 5.32 Å². The molecule has 1 atom stereocenters. The summed E-state index contributed by atoms with van der Waals surface area (Å²) in [4.78, 5) is 12.3. The molecule has 3 rings (SSSR count). The van der Waals surface area contributed by atoms with E-state index in [4.69, 9.17) is 0 Å². The second-order valence-electron chi connectivity index (χ2n) is 5.87. The number of nitrogens with one attached hydrogen (secondary N) is 2. The first-order valence-corrected chi connectivity index (χ1v) is 8.38. The number of carbonyl (C=O) groups is 1. The summed E-state index contributed by atoms with van der Waals surface area (Å²) >= 11 is 3.43.